The Balaban J connectivity index is 2.12. The van der Waals surface area contributed by atoms with Crippen LogP contribution in [-0.2, 0) is 6.54 Å². The quantitative estimate of drug-likeness (QED) is 0.615. The zero-order valence-electron chi connectivity index (χ0n) is 13.6. The van der Waals surface area contributed by atoms with Crippen molar-refractivity contribution in [3.63, 3.8) is 0 Å². The molecule has 0 aliphatic carbocycles. The Morgan fingerprint density at radius 3 is 2.52 bits per heavy atom. The molecule has 2 N–H and O–H groups in total. The average Bonchev–Trinajstić information content (AvgIpc) is 2.99. The first-order valence-corrected chi connectivity index (χ1v) is 8.16. The van der Waals surface area contributed by atoms with Crippen LogP contribution in [0, 0.1) is 0 Å². The summed E-state index contributed by atoms with van der Waals surface area (Å²) in [6, 6.07) is 1.81. The first kappa shape index (κ1) is 17.5. The van der Waals surface area contributed by atoms with Gasteiger partial charge in [-0.05, 0) is 27.6 Å². The molecule has 0 fully saturated rings. The Hall–Kier alpha value is -2.33. The van der Waals surface area contributed by atoms with E-state index < -0.39 is 0 Å². The third-order valence-corrected chi connectivity index (χ3v) is 4.64. The van der Waals surface area contributed by atoms with E-state index >= 15 is 0 Å². The van der Waals surface area contributed by atoms with Gasteiger partial charge < -0.3 is 19.9 Å². The van der Waals surface area contributed by atoms with Gasteiger partial charge in [0, 0.05) is 0 Å². The van der Waals surface area contributed by atoms with Crippen LogP contribution in [0.2, 0.25) is 5.15 Å². The first-order chi connectivity index (χ1) is 12.0. The van der Waals surface area contributed by atoms with Crippen LogP contribution in [0.5, 0.6) is 17.2 Å². The highest BCUT2D eigenvalue weighted by molar-refractivity contribution is 9.10. The molecule has 3 rings (SSSR count). The van der Waals surface area contributed by atoms with E-state index in [0.29, 0.717) is 39.4 Å². The third kappa shape index (κ3) is 3.02. The molecule has 0 atom stereocenters. The normalized spacial score (nSPS) is 10.9. The molecule has 0 amide bonds. The van der Waals surface area contributed by atoms with Gasteiger partial charge in [-0.3, -0.25) is 0 Å². The molecule has 3 aromatic rings. The van der Waals surface area contributed by atoms with Crippen LogP contribution in [0.25, 0.3) is 11.2 Å². The smallest absolute Gasteiger partial charge is 0.223 e. The lowest BCUT2D eigenvalue weighted by Gasteiger charge is -2.16. The number of ether oxygens (including phenoxy) is 3. The number of methoxy groups -OCH3 is 3. The van der Waals surface area contributed by atoms with Gasteiger partial charge in [0.05, 0.1) is 32.3 Å². The molecule has 0 aliphatic rings. The Kier molecular flexibility index (Phi) is 4.82. The molecule has 0 aliphatic heterocycles. The fourth-order valence-corrected chi connectivity index (χ4v) is 3.18. The molecule has 0 unspecified atom stereocenters. The molecule has 1 aromatic carbocycles. The minimum absolute atomic E-state index is 0.0463. The SMILES string of the molecule is COc1cc(Cn2nnc3c(Cl)nc(N)nc32)c(Br)c(OC)c1OC. The number of rotatable bonds is 5. The lowest BCUT2D eigenvalue weighted by Crippen LogP contribution is -2.07. The maximum Gasteiger partial charge on any atom is 0.223 e. The summed E-state index contributed by atoms with van der Waals surface area (Å²) < 4.78 is 18.4. The Bertz CT molecular complexity index is 948. The minimum Gasteiger partial charge on any atom is -0.493 e. The summed E-state index contributed by atoms with van der Waals surface area (Å²) in [7, 11) is 4.64. The van der Waals surface area contributed by atoms with Crippen LogP contribution in [0.3, 0.4) is 0 Å². The lowest BCUT2D eigenvalue weighted by atomic mass is 10.1. The molecule has 0 bridgehead atoms. The molecule has 9 nitrogen and oxygen atoms in total. The first-order valence-electron chi connectivity index (χ1n) is 6.99. The molecule has 2 aromatic heterocycles. The van der Waals surface area contributed by atoms with Crippen LogP contribution in [0.1, 0.15) is 5.56 Å². The van der Waals surface area contributed by atoms with Gasteiger partial charge in [-0.25, -0.2) is 4.68 Å². The molecular formula is C14H14BrClN6O3. The largest absolute Gasteiger partial charge is 0.493 e. The van der Waals surface area contributed by atoms with E-state index in [1.54, 1.807) is 26.0 Å². The molecule has 0 saturated heterocycles. The van der Waals surface area contributed by atoms with Gasteiger partial charge in [-0.1, -0.05) is 16.8 Å². The van der Waals surface area contributed by atoms with Gasteiger partial charge in [0.1, 0.15) is 0 Å². The number of nitrogen functional groups attached to an aromatic ring is 1. The maximum atomic E-state index is 6.03. The topological polar surface area (TPSA) is 110 Å². The number of nitrogens with zero attached hydrogens (tertiary/aromatic N) is 5. The molecule has 0 spiro atoms. The standard InChI is InChI=1S/C14H14BrClN6O3/c1-23-7-4-6(8(15)11(25-3)10(7)24-2)5-22-13-9(20-21-22)12(16)18-14(17)19-13/h4H,5H2,1-3H3,(H2,17,18,19). The molecule has 0 saturated carbocycles. The fourth-order valence-electron chi connectivity index (χ4n) is 2.39. The van der Waals surface area contributed by atoms with Crippen molar-refractivity contribution in [2.45, 2.75) is 6.54 Å². The van der Waals surface area contributed by atoms with Crippen molar-refractivity contribution in [2.75, 3.05) is 27.1 Å². The Labute approximate surface area is 156 Å². The van der Waals surface area contributed by atoms with E-state index in [4.69, 9.17) is 31.5 Å². The van der Waals surface area contributed by atoms with Crippen LogP contribution >= 0.6 is 27.5 Å². The van der Waals surface area contributed by atoms with Crippen molar-refractivity contribution < 1.29 is 14.2 Å². The van der Waals surface area contributed by atoms with Crippen LogP contribution < -0.4 is 19.9 Å². The summed E-state index contributed by atoms with van der Waals surface area (Å²) in [6.45, 7) is 0.320. The molecular weight excluding hydrogens is 416 g/mol. The Morgan fingerprint density at radius 1 is 1.16 bits per heavy atom. The number of nitrogens with two attached hydrogens (primary N) is 1. The predicted octanol–water partition coefficient (Wildman–Crippen LogP) is 2.29. The molecule has 2 heterocycles. The number of hydrogen-bond acceptors (Lipinski definition) is 8. The number of fused-ring (bicyclic) bond motifs is 1. The van der Waals surface area contributed by atoms with E-state index in [1.165, 1.54) is 0 Å². The van der Waals surface area contributed by atoms with E-state index in [1.807, 2.05) is 6.07 Å². The zero-order chi connectivity index (χ0) is 18.1. The highest BCUT2D eigenvalue weighted by atomic mass is 79.9. The molecule has 25 heavy (non-hydrogen) atoms. The van der Waals surface area contributed by atoms with Crippen LogP contribution in [0.4, 0.5) is 5.95 Å². The number of benzene rings is 1. The fraction of sp³-hybridized carbons (Fsp3) is 0.286. The van der Waals surface area contributed by atoms with E-state index in [9.17, 15) is 0 Å². The van der Waals surface area contributed by atoms with Gasteiger partial charge in [0.2, 0.25) is 11.7 Å². The summed E-state index contributed by atoms with van der Waals surface area (Å²) in [6.07, 6.45) is 0. The molecule has 0 radical (unpaired) electrons. The predicted molar refractivity (Wildman–Crippen MR) is 95.4 cm³/mol. The van der Waals surface area contributed by atoms with E-state index in [-0.39, 0.29) is 11.1 Å². The third-order valence-electron chi connectivity index (χ3n) is 3.50. The van der Waals surface area contributed by atoms with Crippen molar-refractivity contribution >= 4 is 44.6 Å². The average molecular weight is 430 g/mol. The second-order valence-corrected chi connectivity index (χ2v) is 6.06. The summed E-state index contributed by atoms with van der Waals surface area (Å²) in [4.78, 5) is 8.03. The van der Waals surface area contributed by atoms with Gasteiger partial charge >= 0.3 is 0 Å². The van der Waals surface area contributed by atoms with E-state index in [2.05, 4.69) is 36.2 Å². The van der Waals surface area contributed by atoms with Crippen molar-refractivity contribution in [3.05, 3.63) is 21.3 Å². The second kappa shape index (κ2) is 6.89. The second-order valence-electron chi connectivity index (χ2n) is 4.91. The zero-order valence-corrected chi connectivity index (χ0v) is 15.9. The molecule has 132 valence electrons. The van der Waals surface area contributed by atoms with Gasteiger partial charge in [-0.2, -0.15) is 9.97 Å². The van der Waals surface area contributed by atoms with Crippen molar-refractivity contribution in [3.8, 4) is 17.2 Å². The highest BCUT2D eigenvalue weighted by Crippen LogP contribution is 2.45. The molecule has 11 heteroatoms. The summed E-state index contributed by atoms with van der Waals surface area (Å²) in [5.41, 5.74) is 7.28. The lowest BCUT2D eigenvalue weighted by molar-refractivity contribution is 0.322. The number of halogens is 2. The van der Waals surface area contributed by atoms with Gasteiger partial charge in [-0.15, -0.1) is 5.10 Å². The summed E-state index contributed by atoms with van der Waals surface area (Å²) in [5.74, 6) is 1.56. The van der Waals surface area contributed by atoms with Crippen molar-refractivity contribution in [2.24, 2.45) is 0 Å². The van der Waals surface area contributed by atoms with Crippen molar-refractivity contribution in [1.29, 1.82) is 0 Å². The Morgan fingerprint density at radius 2 is 1.88 bits per heavy atom. The van der Waals surface area contributed by atoms with Gasteiger partial charge in [0.15, 0.2) is 27.8 Å². The van der Waals surface area contributed by atoms with Crippen LogP contribution in [-0.4, -0.2) is 46.3 Å². The summed E-state index contributed by atoms with van der Waals surface area (Å²) >= 11 is 9.56. The van der Waals surface area contributed by atoms with E-state index in [0.717, 1.165) is 5.56 Å². The number of aromatic nitrogens is 5. The van der Waals surface area contributed by atoms with Gasteiger partial charge in [0.25, 0.3) is 0 Å². The maximum absolute atomic E-state index is 6.03. The number of anilines is 1. The van der Waals surface area contributed by atoms with Crippen molar-refractivity contribution in [1.82, 2.24) is 25.0 Å². The minimum atomic E-state index is 0.0463. The monoisotopic (exact) mass is 428 g/mol. The summed E-state index contributed by atoms with van der Waals surface area (Å²) in [5, 5.41) is 8.23. The highest BCUT2D eigenvalue weighted by Gasteiger charge is 2.21. The number of hydrogen-bond donors (Lipinski definition) is 1. The van der Waals surface area contributed by atoms with Crippen LogP contribution in [0.15, 0.2) is 10.5 Å².